The molecule has 0 saturated carbocycles. The number of hydrogen-bond donors (Lipinski definition) is 1. The number of nitrogens with zero attached hydrogens (tertiary/aromatic N) is 4. The number of halogens is 1. The van der Waals surface area contributed by atoms with Gasteiger partial charge in [-0.3, -0.25) is 9.88 Å². The van der Waals surface area contributed by atoms with Crippen molar-refractivity contribution in [2.45, 2.75) is 12.5 Å². The molecule has 2 heterocycles. The number of β-amino-alcohol motifs (C(OH)–C–C–N with tert-alkyl or cyclic N) is 1. The molecule has 5 nitrogen and oxygen atoms in total. The number of benzene rings is 1. The van der Waals surface area contributed by atoms with Crippen LogP contribution in [-0.2, 0) is 0 Å². The van der Waals surface area contributed by atoms with Crippen LogP contribution in [-0.4, -0.2) is 47.7 Å². The Morgan fingerprint density at radius 3 is 2.68 bits per heavy atom. The van der Waals surface area contributed by atoms with E-state index in [-0.39, 0.29) is 5.82 Å². The predicted molar refractivity (Wildman–Crippen MR) is 93.6 cm³/mol. The van der Waals surface area contributed by atoms with Crippen molar-refractivity contribution in [3.8, 4) is 6.07 Å². The van der Waals surface area contributed by atoms with Gasteiger partial charge >= 0.3 is 0 Å². The Labute approximate surface area is 146 Å². The van der Waals surface area contributed by atoms with Crippen LogP contribution in [0.15, 0.2) is 42.7 Å². The van der Waals surface area contributed by atoms with Crippen LogP contribution in [0.25, 0.3) is 0 Å². The van der Waals surface area contributed by atoms with Crippen molar-refractivity contribution >= 4 is 5.69 Å². The minimum absolute atomic E-state index is 0.324. The Balaban J connectivity index is 1.58. The van der Waals surface area contributed by atoms with Crippen molar-refractivity contribution in [2.24, 2.45) is 0 Å². The van der Waals surface area contributed by atoms with E-state index in [0.29, 0.717) is 12.1 Å². The number of anilines is 1. The van der Waals surface area contributed by atoms with Gasteiger partial charge in [0.2, 0.25) is 0 Å². The van der Waals surface area contributed by atoms with E-state index in [0.717, 1.165) is 43.9 Å². The van der Waals surface area contributed by atoms with E-state index in [9.17, 15) is 9.50 Å². The van der Waals surface area contributed by atoms with Crippen molar-refractivity contribution in [3.05, 3.63) is 59.7 Å². The van der Waals surface area contributed by atoms with E-state index in [2.05, 4.69) is 20.9 Å². The molecular weight excluding hydrogens is 319 g/mol. The summed E-state index contributed by atoms with van der Waals surface area (Å²) in [6.07, 6.45) is 3.25. The molecule has 0 amide bonds. The standard InChI is InChI=1S/C19H21FN4O/c20-17-10-18(13-22-12-17)24-7-1-6-23(8-9-24)14-19(25)16-4-2-15(11-21)3-5-16/h2-5,10,12-13,19,25H,1,6-9,14H2/t19-/m0/s1. The third kappa shape index (κ3) is 4.53. The van der Waals surface area contributed by atoms with Crippen LogP contribution >= 0.6 is 0 Å². The maximum atomic E-state index is 13.4. The van der Waals surface area contributed by atoms with Gasteiger partial charge in [0.05, 0.1) is 35.8 Å². The number of aromatic nitrogens is 1. The molecule has 1 atom stereocenters. The molecule has 25 heavy (non-hydrogen) atoms. The molecule has 0 radical (unpaired) electrons. The Hall–Kier alpha value is -2.49. The molecule has 1 N–H and O–H groups in total. The number of hydrogen-bond acceptors (Lipinski definition) is 5. The summed E-state index contributed by atoms with van der Waals surface area (Å²) in [7, 11) is 0. The van der Waals surface area contributed by atoms with Crippen molar-refractivity contribution in [3.63, 3.8) is 0 Å². The summed E-state index contributed by atoms with van der Waals surface area (Å²) >= 11 is 0. The average Bonchev–Trinajstić information content (AvgIpc) is 2.87. The number of aliphatic hydroxyl groups excluding tert-OH is 1. The van der Waals surface area contributed by atoms with Gasteiger partial charge in [0.15, 0.2) is 0 Å². The van der Waals surface area contributed by atoms with Gasteiger partial charge in [0.25, 0.3) is 0 Å². The molecule has 1 aliphatic rings. The molecule has 1 aromatic carbocycles. The van der Waals surface area contributed by atoms with E-state index in [1.807, 2.05) is 0 Å². The molecule has 0 aliphatic carbocycles. The molecule has 1 saturated heterocycles. The summed E-state index contributed by atoms with van der Waals surface area (Å²) in [5.41, 5.74) is 2.20. The van der Waals surface area contributed by atoms with Crippen molar-refractivity contribution in [1.82, 2.24) is 9.88 Å². The van der Waals surface area contributed by atoms with Crippen LogP contribution in [0.4, 0.5) is 10.1 Å². The first-order valence-electron chi connectivity index (χ1n) is 8.41. The van der Waals surface area contributed by atoms with Crippen LogP contribution in [0.1, 0.15) is 23.7 Å². The predicted octanol–water partition coefficient (Wildman–Crippen LogP) is 2.34. The zero-order valence-corrected chi connectivity index (χ0v) is 14.0. The van der Waals surface area contributed by atoms with E-state index in [1.165, 1.54) is 12.3 Å². The maximum absolute atomic E-state index is 13.4. The summed E-state index contributed by atoms with van der Waals surface area (Å²) in [6, 6.07) is 10.6. The largest absolute Gasteiger partial charge is 0.387 e. The highest BCUT2D eigenvalue weighted by atomic mass is 19.1. The SMILES string of the molecule is N#Cc1ccc([C@@H](O)CN2CCCN(c3cncc(F)c3)CC2)cc1. The molecule has 1 fully saturated rings. The van der Waals surface area contributed by atoms with Crippen molar-refractivity contribution in [1.29, 1.82) is 5.26 Å². The summed E-state index contributed by atoms with van der Waals surface area (Å²) in [5, 5.41) is 19.3. The van der Waals surface area contributed by atoms with Crippen LogP contribution < -0.4 is 4.90 Å². The molecule has 1 aliphatic heterocycles. The van der Waals surface area contributed by atoms with Crippen LogP contribution in [0.3, 0.4) is 0 Å². The first kappa shape index (κ1) is 17.3. The highest BCUT2D eigenvalue weighted by molar-refractivity contribution is 5.44. The lowest BCUT2D eigenvalue weighted by Crippen LogP contribution is -2.33. The molecule has 130 valence electrons. The lowest BCUT2D eigenvalue weighted by atomic mass is 10.1. The summed E-state index contributed by atoms with van der Waals surface area (Å²) in [5.74, 6) is -0.324. The Bertz CT molecular complexity index is 744. The van der Waals surface area contributed by atoms with Gasteiger partial charge in [-0.05, 0) is 24.1 Å². The van der Waals surface area contributed by atoms with Gasteiger partial charge in [-0.25, -0.2) is 4.39 Å². The molecule has 3 rings (SSSR count). The normalized spacial score (nSPS) is 16.9. The summed E-state index contributed by atoms with van der Waals surface area (Å²) in [4.78, 5) is 8.27. The second kappa shape index (κ2) is 8.06. The lowest BCUT2D eigenvalue weighted by molar-refractivity contribution is 0.117. The summed E-state index contributed by atoms with van der Waals surface area (Å²) in [6.45, 7) is 3.83. The Morgan fingerprint density at radius 2 is 1.96 bits per heavy atom. The molecule has 0 spiro atoms. The zero-order valence-electron chi connectivity index (χ0n) is 14.0. The van der Waals surface area contributed by atoms with Crippen LogP contribution in [0.5, 0.6) is 0 Å². The lowest BCUT2D eigenvalue weighted by Gasteiger charge is -2.25. The second-order valence-corrected chi connectivity index (χ2v) is 6.25. The molecule has 0 unspecified atom stereocenters. The Kier molecular flexibility index (Phi) is 5.59. The van der Waals surface area contributed by atoms with E-state index in [1.54, 1.807) is 30.5 Å². The second-order valence-electron chi connectivity index (χ2n) is 6.25. The van der Waals surface area contributed by atoms with Crippen LogP contribution in [0, 0.1) is 17.1 Å². The first-order valence-corrected chi connectivity index (χ1v) is 8.41. The monoisotopic (exact) mass is 340 g/mol. The molecule has 1 aromatic heterocycles. The minimum atomic E-state index is -0.588. The number of nitriles is 1. The quantitative estimate of drug-likeness (QED) is 0.925. The van der Waals surface area contributed by atoms with E-state index < -0.39 is 6.10 Å². The average molecular weight is 340 g/mol. The molecule has 2 aromatic rings. The highest BCUT2D eigenvalue weighted by Crippen LogP contribution is 2.19. The summed E-state index contributed by atoms with van der Waals surface area (Å²) < 4.78 is 13.4. The van der Waals surface area contributed by atoms with Crippen molar-refractivity contribution in [2.75, 3.05) is 37.6 Å². The maximum Gasteiger partial charge on any atom is 0.143 e. The first-order chi connectivity index (χ1) is 12.2. The van der Waals surface area contributed by atoms with E-state index >= 15 is 0 Å². The number of rotatable bonds is 4. The number of aliphatic hydroxyl groups is 1. The van der Waals surface area contributed by atoms with Gasteiger partial charge in [-0.15, -0.1) is 0 Å². The minimum Gasteiger partial charge on any atom is -0.387 e. The van der Waals surface area contributed by atoms with Crippen LogP contribution in [0.2, 0.25) is 0 Å². The van der Waals surface area contributed by atoms with Gasteiger partial charge in [-0.2, -0.15) is 5.26 Å². The van der Waals surface area contributed by atoms with Gasteiger partial charge in [0.1, 0.15) is 5.82 Å². The molecule has 0 bridgehead atoms. The fourth-order valence-electron chi connectivity index (χ4n) is 3.12. The molecule has 6 heteroatoms. The fourth-order valence-corrected chi connectivity index (χ4v) is 3.12. The van der Waals surface area contributed by atoms with E-state index in [4.69, 9.17) is 5.26 Å². The smallest absolute Gasteiger partial charge is 0.143 e. The Morgan fingerprint density at radius 1 is 1.16 bits per heavy atom. The van der Waals surface area contributed by atoms with Gasteiger partial charge < -0.3 is 10.0 Å². The van der Waals surface area contributed by atoms with Gasteiger partial charge in [-0.1, -0.05) is 12.1 Å². The third-order valence-corrected chi connectivity index (χ3v) is 4.50. The number of pyridine rings is 1. The van der Waals surface area contributed by atoms with Crippen molar-refractivity contribution < 1.29 is 9.50 Å². The topological polar surface area (TPSA) is 63.4 Å². The molecular formula is C19H21FN4O. The van der Waals surface area contributed by atoms with Gasteiger partial charge in [0, 0.05) is 38.8 Å². The third-order valence-electron chi connectivity index (χ3n) is 4.50. The highest BCUT2D eigenvalue weighted by Gasteiger charge is 2.19. The zero-order chi connectivity index (χ0) is 17.6. The fraction of sp³-hybridized carbons (Fsp3) is 0.368.